The van der Waals surface area contributed by atoms with E-state index >= 15 is 0 Å². The van der Waals surface area contributed by atoms with Crippen LogP contribution in [0.3, 0.4) is 0 Å². The molecule has 0 radical (unpaired) electrons. The molecule has 0 aromatic heterocycles. The second-order valence-corrected chi connectivity index (χ2v) is 9.18. The molecule has 0 bridgehead atoms. The lowest BCUT2D eigenvalue weighted by atomic mass is 10.0. The third-order valence-corrected chi connectivity index (χ3v) is 6.04. The van der Waals surface area contributed by atoms with Crippen LogP contribution in [-0.4, -0.2) is 11.1 Å². The first-order valence-corrected chi connectivity index (χ1v) is 13.3. The van der Waals surface area contributed by atoms with E-state index in [4.69, 9.17) is 5.11 Å². The minimum Gasteiger partial charge on any atom is -0.481 e. The SMILES string of the molecule is C=C(O)OC(=O)/C(C)=C/CCCCCCCCCCCCCCCCCCCCCC. The van der Waals surface area contributed by atoms with Crippen LogP contribution in [0.25, 0.3) is 0 Å². The molecule has 0 spiro atoms. The monoisotopic (exact) mass is 436 g/mol. The minimum absolute atomic E-state index is 0.513. The summed E-state index contributed by atoms with van der Waals surface area (Å²) in [6.45, 7) is 7.15. The van der Waals surface area contributed by atoms with Crippen LogP contribution >= 0.6 is 0 Å². The quantitative estimate of drug-likeness (QED) is 0.0750. The molecule has 0 aromatic carbocycles. The molecule has 0 saturated carbocycles. The van der Waals surface area contributed by atoms with E-state index in [0.717, 1.165) is 12.8 Å². The average Bonchev–Trinajstić information content (AvgIpc) is 2.74. The van der Waals surface area contributed by atoms with Gasteiger partial charge in [-0.3, -0.25) is 0 Å². The van der Waals surface area contributed by atoms with Crippen molar-refractivity contribution < 1.29 is 14.6 Å². The second kappa shape index (κ2) is 23.4. The van der Waals surface area contributed by atoms with E-state index in [1.807, 2.05) is 6.08 Å². The Morgan fingerprint density at radius 3 is 1.32 bits per heavy atom. The van der Waals surface area contributed by atoms with Crippen molar-refractivity contribution >= 4 is 5.97 Å². The summed E-state index contributed by atoms with van der Waals surface area (Å²) in [4.78, 5) is 11.5. The Morgan fingerprint density at radius 1 is 0.677 bits per heavy atom. The van der Waals surface area contributed by atoms with Crippen LogP contribution in [0.2, 0.25) is 0 Å². The van der Waals surface area contributed by atoms with Crippen LogP contribution in [0.5, 0.6) is 0 Å². The lowest BCUT2D eigenvalue weighted by Crippen LogP contribution is -2.04. The van der Waals surface area contributed by atoms with Crippen molar-refractivity contribution in [1.82, 2.24) is 0 Å². The molecule has 0 amide bonds. The van der Waals surface area contributed by atoms with Crippen LogP contribution in [0.15, 0.2) is 24.2 Å². The van der Waals surface area contributed by atoms with Gasteiger partial charge in [-0.1, -0.05) is 135 Å². The number of aliphatic hydroxyl groups excluding tert-OH is 1. The second-order valence-electron chi connectivity index (χ2n) is 9.18. The molecule has 0 fully saturated rings. The van der Waals surface area contributed by atoms with Crippen molar-refractivity contribution in [2.24, 2.45) is 0 Å². The fourth-order valence-corrected chi connectivity index (χ4v) is 3.99. The van der Waals surface area contributed by atoms with Gasteiger partial charge in [0.05, 0.1) is 0 Å². The van der Waals surface area contributed by atoms with Crippen LogP contribution in [0.4, 0.5) is 0 Å². The van der Waals surface area contributed by atoms with Gasteiger partial charge in [0.15, 0.2) is 0 Å². The highest BCUT2D eigenvalue weighted by atomic mass is 16.6. The highest BCUT2D eigenvalue weighted by molar-refractivity contribution is 5.88. The maximum Gasteiger partial charge on any atom is 0.341 e. The topological polar surface area (TPSA) is 46.5 Å². The third kappa shape index (κ3) is 23.2. The summed E-state index contributed by atoms with van der Waals surface area (Å²) in [5.41, 5.74) is 0.535. The molecule has 0 atom stereocenters. The zero-order chi connectivity index (χ0) is 23.0. The van der Waals surface area contributed by atoms with Crippen molar-refractivity contribution in [1.29, 1.82) is 0 Å². The summed E-state index contributed by atoms with van der Waals surface area (Å²) in [5.74, 6) is -1.06. The number of rotatable bonds is 23. The number of unbranched alkanes of at least 4 members (excludes halogenated alkanes) is 20. The third-order valence-electron chi connectivity index (χ3n) is 6.04. The van der Waals surface area contributed by atoms with Crippen LogP contribution in [0, 0.1) is 0 Å². The Hall–Kier alpha value is -1.25. The lowest BCUT2D eigenvalue weighted by Gasteiger charge is -2.04. The van der Waals surface area contributed by atoms with E-state index in [9.17, 15) is 4.79 Å². The van der Waals surface area contributed by atoms with E-state index in [2.05, 4.69) is 18.2 Å². The van der Waals surface area contributed by atoms with E-state index in [0.29, 0.717) is 5.57 Å². The summed E-state index contributed by atoms with van der Waals surface area (Å²) in [6, 6.07) is 0. The van der Waals surface area contributed by atoms with Crippen molar-refractivity contribution in [3.05, 3.63) is 24.2 Å². The Labute approximate surface area is 193 Å². The standard InChI is InChI=1S/C28H52O3/c1-4-5-6-7-8-9-10-11-12-13-14-15-16-17-18-19-20-21-22-23-24-25-26(2)28(30)31-27(3)29/h25,29H,3-24H2,1-2H3/b26-25+. The van der Waals surface area contributed by atoms with Gasteiger partial charge in [-0.15, -0.1) is 0 Å². The summed E-state index contributed by atoms with van der Waals surface area (Å²) in [7, 11) is 0. The Kier molecular flexibility index (Phi) is 22.5. The minimum atomic E-state index is -0.545. The molecule has 0 unspecified atom stereocenters. The molecule has 3 nitrogen and oxygen atoms in total. The summed E-state index contributed by atoms with van der Waals surface area (Å²) >= 11 is 0. The van der Waals surface area contributed by atoms with Gasteiger partial charge >= 0.3 is 5.97 Å². The molecule has 0 rings (SSSR count). The molecular formula is C28H52O3. The molecule has 182 valence electrons. The Morgan fingerprint density at radius 2 is 1.00 bits per heavy atom. The van der Waals surface area contributed by atoms with Crippen LogP contribution < -0.4 is 0 Å². The van der Waals surface area contributed by atoms with Crippen molar-refractivity contribution in [3.8, 4) is 0 Å². The zero-order valence-electron chi connectivity index (χ0n) is 20.9. The number of allylic oxidation sites excluding steroid dienone is 1. The largest absolute Gasteiger partial charge is 0.481 e. The van der Waals surface area contributed by atoms with Crippen molar-refractivity contribution in [2.45, 2.75) is 149 Å². The molecule has 31 heavy (non-hydrogen) atoms. The maximum absolute atomic E-state index is 11.5. The summed E-state index contributed by atoms with van der Waals surface area (Å²) < 4.78 is 4.56. The predicted molar refractivity (Wildman–Crippen MR) is 134 cm³/mol. The Balaban J connectivity index is 3.22. The fourth-order valence-electron chi connectivity index (χ4n) is 3.99. The molecule has 0 aliphatic rings. The Bertz CT molecular complexity index is 453. The fraction of sp³-hybridized carbons (Fsp3) is 0.821. The van der Waals surface area contributed by atoms with E-state index in [1.54, 1.807) is 6.92 Å². The van der Waals surface area contributed by atoms with Gasteiger partial charge in [-0.25, -0.2) is 4.79 Å². The van der Waals surface area contributed by atoms with E-state index in [1.165, 1.54) is 122 Å². The highest BCUT2D eigenvalue weighted by Gasteiger charge is 2.06. The first kappa shape index (κ1) is 29.8. The predicted octanol–water partition coefficient (Wildman–Crippen LogP) is 9.72. The molecule has 3 heteroatoms. The normalized spacial score (nSPS) is 11.6. The molecule has 0 heterocycles. The zero-order valence-corrected chi connectivity index (χ0v) is 20.9. The number of hydrogen-bond acceptors (Lipinski definition) is 3. The summed E-state index contributed by atoms with van der Waals surface area (Å²) in [6.07, 6.45) is 30.5. The van der Waals surface area contributed by atoms with Crippen molar-refractivity contribution in [3.63, 3.8) is 0 Å². The maximum atomic E-state index is 11.5. The van der Waals surface area contributed by atoms with Gasteiger partial charge in [-0.05, 0) is 26.3 Å². The van der Waals surface area contributed by atoms with E-state index < -0.39 is 11.9 Å². The van der Waals surface area contributed by atoms with Gasteiger partial charge in [0, 0.05) is 5.57 Å². The van der Waals surface area contributed by atoms with Crippen LogP contribution in [-0.2, 0) is 9.53 Å². The number of carbonyl (C=O) groups excluding carboxylic acids is 1. The number of aliphatic hydroxyl groups is 1. The number of carbonyl (C=O) groups is 1. The first-order chi connectivity index (χ1) is 15.1. The number of hydrogen-bond donors (Lipinski definition) is 1. The van der Waals surface area contributed by atoms with Gasteiger partial charge in [0.1, 0.15) is 0 Å². The van der Waals surface area contributed by atoms with Gasteiger partial charge in [-0.2, -0.15) is 0 Å². The first-order valence-electron chi connectivity index (χ1n) is 13.3. The molecule has 1 N–H and O–H groups in total. The number of ether oxygens (including phenoxy) is 1. The molecular weight excluding hydrogens is 384 g/mol. The summed E-state index contributed by atoms with van der Waals surface area (Å²) in [5, 5.41) is 8.85. The smallest absolute Gasteiger partial charge is 0.341 e. The van der Waals surface area contributed by atoms with E-state index in [-0.39, 0.29) is 0 Å². The number of esters is 1. The lowest BCUT2D eigenvalue weighted by molar-refractivity contribution is -0.138. The molecule has 0 aromatic rings. The molecule has 0 aliphatic carbocycles. The van der Waals surface area contributed by atoms with Gasteiger partial charge in [0.25, 0.3) is 5.95 Å². The average molecular weight is 437 g/mol. The van der Waals surface area contributed by atoms with Crippen LogP contribution in [0.1, 0.15) is 149 Å². The van der Waals surface area contributed by atoms with Crippen molar-refractivity contribution in [2.75, 3.05) is 0 Å². The van der Waals surface area contributed by atoms with Gasteiger partial charge in [0.2, 0.25) is 0 Å². The molecule has 0 saturated heterocycles. The van der Waals surface area contributed by atoms with Gasteiger partial charge < -0.3 is 9.84 Å². The highest BCUT2D eigenvalue weighted by Crippen LogP contribution is 2.15. The molecule has 0 aliphatic heterocycles.